The predicted molar refractivity (Wildman–Crippen MR) is 171 cm³/mol. The van der Waals surface area contributed by atoms with Crippen molar-refractivity contribution in [3.63, 3.8) is 0 Å². The van der Waals surface area contributed by atoms with Crippen LogP contribution in [0.25, 0.3) is 11.1 Å². The number of amides is 2. The van der Waals surface area contributed by atoms with Crippen molar-refractivity contribution in [3.8, 4) is 11.1 Å². The average Bonchev–Trinajstić information content (AvgIpc) is 3.34. The van der Waals surface area contributed by atoms with Gasteiger partial charge in [0.15, 0.2) is 0 Å². The van der Waals surface area contributed by atoms with Crippen LogP contribution in [0.3, 0.4) is 0 Å². The molecule has 0 spiro atoms. The lowest BCUT2D eigenvalue weighted by atomic mass is 9.96. The molecule has 2 N–H and O–H groups in total. The van der Waals surface area contributed by atoms with E-state index in [2.05, 4.69) is 15.2 Å². The summed E-state index contributed by atoms with van der Waals surface area (Å²) in [6.07, 6.45) is 1.69. The van der Waals surface area contributed by atoms with E-state index in [1.165, 1.54) is 6.07 Å². The van der Waals surface area contributed by atoms with Crippen molar-refractivity contribution in [2.45, 2.75) is 64.4 Å². The zero-order chi connectivity index (χ0) is 31.9. The Kier molecular flexibility index (Phi) is 10.6. The molecule has 0 fully saturated rings. The van der Waals surface area contributed by atoms with E-state index in [-0.39, 0.29) is 35.1 Å². The zero-order valence-electron chi connectivity index (χ0n) is 25.8. The Balaban J connectivity index is 1.43. The van der Waals surface area contributed by atoms with E-state index >= 15 is 0 Å². The molecule has 2 amide bonds. The van der Waals surface area contributed by atoms with E-state index in [1.807, 2.05) is 68.4 Å². The van der Waals surface area contributed by atoms with Gasteiger partial charge in [0.2, 0.25) is 17.7 Å². The van der Waals surface area contributed by atoms with Crippen molar-refractivity contribution >= 4 is 27.7 Å². The molecule has 0 saturated heterocycles. The highest BCUT2D eigenvalue weighted by Gasteiger charge is 2.31. The first-order valence-electron chi connectivity index (χ1n) is 14.7. The molecule has 0 bridgehead atoms. The fourth-order valence-corrected chi connectivity index (χ4v) is 6.27. The second kappa shape index (κ2) is 14.4. The first kappa shape index (κ1) is 32.5. The predicted octanol–water partition coefficient (Wildman–Crippen LogP) is 5.88. The number of anilines is 1. The summed E-state index contributed by atoms with van der Waals surface area (Å²) in [6.45, 7) is 7.73. The molecule has 0 aliphatic carbocycles. The topological polar surface area (TPSA) is 122 Å². The van der Waals surface area contributed by atoms with Gasteiger partial charge in [-0.2, -0.15) is 0 Å². The number of rotatable bonds is 13. The molecule has 3 aromatic carbocycles. The maximum atomic E-state index is 13.4. The second-order valence-corrected chi connectivity index (χ2v) is 12.7. The minimum absolute atomic E-state index is 0.0280. The Morgan fingerprint density at radius 3 is 2.23 bits per heavy atom. The number of carbonyl (C=O) groups is 2. The summed E-state index contributed by atoms with van der Waals surface area (Å²) in [5.74, 6) is -0.225. The summed E-state index contributed by atoms with van der Waals surface area (Å²) < 4.78 is 34.2. The van der Waals surface area contributed by atoms with Gasteiger partial charge in [-0.1, -0.05) is 98.2 Å². The Morgan fingerprint density at radius 2 is 1.59 bits per heavy atom. The van der Waals surface area contributed by atoms with E-state index in [4.69, 9.17) is 4.52 Å². The van der Waals surface area contributed by atoms with Gasteiger partial charge in [-0.05, 0) is 48.9 Å². The van der Waals surface area contributed by atoms with Crippen LogP contribution >= 0.6 is 0 Å². The van der Waals surface area contributed by atoms with E-state index < -0.39 is 16.1 Å². The smallest absolute Gasteiger partial charge is 0.264 e. The minimum atomic E-state index is -3.96. The van der Waals surface area contributed by atoms with E-state index in [0.717, 1.165) is 17.5 Å². The van der Waals surface area contributed by atoms with Crippen LogP contribution < -0.4 is 10.0 Å². The number of aromatic nitrogens is 1. The lowest BCUT2D eigenvalue weighted by molar-refractivity contribution is -0.140. The SMILES string of the molecule is CC[C@H](C)[C@@H](C(=O)NCc1ccc(-c2ccccc2S(=O)(=O)Nc2onc(C)c2C)cc1)N(C)C(=O)CCc1ccccc1. The highest BCUT2D eigenvalue weighted by Crippen LogP contribution is 2.30. The number of carbonyl (C=O) groups excluding carboxylic acids is 2. The summed E-state index contributed by atoms with van der Waals surface area (Å²) in [5.41, 5.74) is 4.38. The standard InChI is InChI=1S/C34H40N4O5S/c1-6-23(2)32(38(5)31(39)21-18-26-12-8-7-9-13-26)33(40)35-22-27-16-19-28(20-17-27)29-14-10-11-15-30(29)44(41,42)37-34-24(3)25(4)36-43-34/h7-17,19-20,23,32,37H,6,18,21-22H2,1-5H3,(H,35,40)/t23-,32-/m0/s1. The van der Waals surface area contributed by atoms with Crippen molar-refractivity contribution < 1.29 is 22.5 Å². The fraction of sp³-hybridized carbons (Fsp3) is 0.324. The summed E-state index contributed by atoms with van der Waals surface area (Å²) >= 11 is 0. The van der Waals surface area contributed by atoms with Gasteiger partial charge in [-0.3, -0.25) is 9.59 Å². The highest BCUT2D eigenvalue weighted by molar-refractivity contribution is 7.92. The average molecular weight is 617 g/mol. The molecule has 4 aromatic rings. The number of aryl methyl sites for hydroxylation is 2. The molecule has 0 aliphatic heterocycles. The Hall–Kier alpha value is -4.44. The first-order valence-corrected chi connectivity index (χ1v) is 16.2. The molecule has 10 heteroatoms. The van der Waals surface area contributed by atoms with Gasteiger partial charge in [0, 0.05) is 31.1 Å². The second-order valence-electron chi connectivity index (χ2n) is 11.1. The molecule has 1 heterocycles. The number of nitrogens with zero attached hydrogens (tertiary/aromatic N) is 2. The third kappa shape index (κ3) is 7.74. The Labute approximate surface area is 259 Å². The normalized spacial score (nSPS) is 12.8. The van der Waals surface area contributed by atoms with Gasteiger partial charge >= 0.3 is 0 Å². The number of hydrogen-bond acceptors (Lipinski definition) is 6. The summed E-state index contributed by atoms with van der Waals surface area (Å²) in [7, 11) is -2.26. The quantitative estimate of drug-likeness (QED) is 0.194. The number of nitrogens with one attached hydrogen (secondary N) is 2. The number of likely N-dealkylation sites (N-methyl/N-ethyl adjacent to an activating group) is 1. The maximum absolute atomic E-state index is 13.4. The van der Waals surface area contributed by atoms with E-state index in [0.29, 0.717) is 35.2 Å². The molecule has 2 atom stereocenters. The van der Waals surface area contributed by atoms with Crippen LogP contribution in [0.1, 0.15) is 49.1 Å². The van der Waals surface area contributed by atoms with Crippen LogP contribution in [0.15, 0.2) is 88.3 Å². The number of benzene rings is 3. The number of hydrogen-bond donors (Lipinski definition) is 2. The Bertz CT molecular complexity index is 1680. The molecule has 0 unspecified atom stereocenters. The van der Waals surface area contributed by atoms with Gasteiger partial charge in [-0.15, -0.1) is 0 Å². The van der Waals surface area contributed by atoms with Crippen molar-refractivity contribution in [1.82, 2.24) is 15.4 Å². The van der Waals surface area contributed by atoms with Crippen molar-refractivity contribution in [2.75, 3.05) is 11.8 Å². The molecule has 44 heavy (non-hydrogen) atoms. The summed E-state index contributed by atoms with van der Waals surface area (Å²) in [5, 5.41) is 6.82. The van der Waals surface area contributed by atoms with Crippen molar-refractivity contribution in [1.29, 1.82) is 0 Å². The monoisotopic (exact) mass is 616 g/mol. The molecule has 0 aliphatic rings. The van der Waals surface area contributed by atoms with Gasteiger partial charge in [0.1, 0.15) is 6.04 Å². The molecule has 9 nitrogen and oxygen atoms in total. The molecule has 4 rings (SSSR count). The minimum Gasteiger partial charge on any atom is -0.350 e. The third-order valence-electron chi connectivity index (χ3n) is 8.03. The van der Waals surface area contributed by atoms with Gasteiger partial charge in [0.05, 0.1) is 10.6 Å². The zero-order valence-corrected chi connectivity index (χ0v) is 26.6. The van der Waals surface area contributed by atoms with Gasteiger partial charge < -0.3 is 14.7 Å². The highest BCUT2D eigenvalue weighted by atomic mass is 32.2. The lowest BCUT2D eigenvalue weighted by Crippen LogP contribution is -2.50. The van der Waals surface area contributed by atoms with Gasteiger partial charge in [0.25, 0.3) is 10.0 Å². The molecular weight excluding hydrogens is 576 g/mol. The summed E-state index contributed by atoms with van der Waals surface area (Å²) in [4.78, 5) is 28.1. The fourth-order valence-electron chi connectivity index (χ4n) is 4.99. The van der Waals surface area contributed by atoms with Crippen LogP contribution in [0.2, 0.25) is 0 Å². The lowest BCUT2D eigenvalue weighted by Gasteiger charge is -2.31. The molecule has 0 radical (unpaired) electrons. The van der Waals surface area contributed by atoms with Crippen LogP contribution in [0.4, 0.5) is 5.88 Å². The largest absolute Gasteiger partial charge is 0.350 e. The maximum Gasteiger partial charge on any atom is 0.264 e. The van der Waals surface area contributed by atoms with Crippen LogP contribution in [-0.4, -0.2) is 43.4 Å². The van der Waals surface area contributed by atoms with E-state index in [9.17, 15) is 18.0 Å². The Morgan fingerprint density at radius 1 is 0.932 bits per heavy atom. The van der Waals surface area contributed by atoms with Crippen molar-refractivity contribution in [3.05, 3.63) is 101 Å². The third-order valence-corrected chi connectivity index (χ3v) is 9.41. The molecular formula is C34H40N4O5S. The van der Waals surface area contributed by atoms with Crippen LogP contribution in [0, 0.1) is 19.8 Å². The molecule has 1 aromatic heterocycles. The summed E-state index contributed by atoms with van der Waals surface area (Å²) in [6, 6.07) is 23.3. The molecule has 232 valence electrons. The van der Waals surface area contributed by atoms with Gasteiger partial charge in [-0.25, -0.2) is 13.1 Å². The first-order chi connectivity index (χ1) is 21.0. The number of sulfonamides is 1. The van der Waals surface area contributed by atoms with E-state index in [1.54, 1.807) is 44.0 Å². The molecule has 0 saturated carbocycles. The van der Waals surface area contributed by atoms with Crippen molar-refractivity contribution in [2.24, 2.45) is 5.92 Å². The van der Waals surface area contributed by atoms with Crippen LogP contribution in [-0.2, 0) is 32.6 Å². The van der Waals surface area contributed by atoms with Crippen LogP contribution in [0.5, 0.6) is 0 Å².